The first kappa shape index (κ1) is 19.1. The summed E-state index contributed by atoms with van der Waals surface area (Å²) in [5.74, 6) is -0.164. The average molecular weight is 434 g/mol. The number of rotatable bonds is 4. The Labute approximate surface area is 180 Å². The molecule has 2 aromatic heterocycles. The largest absolute Gasteiger partial charge is 0.423 e. The molecular weight excluding hydrogens is 419 g/mol. The lowest BCUT2D eigenvalue weighted by Gasteiger charge is -2.08. The van der Waals surface area contributed by atoms with Crippen LogP contribution in [0.5, 0.6) is 0 Å². The summed E-state index contributed by atoms with van der Waals surface area (Å²) in [4.78, 5) is 29.3. The van der Waals surface area contributed by atoms with E-state index < -0.39 is 5.69 Å². The molecule has 6 nitrogen and oxygen atoms in total. The SMILES string of the molecule is O=C(Cn1c(=O)n2nc(-c3ccc(F)cc3)[nH+]c2c2ccccc21)c1ccc(Cl)cc1. The van der Waals surface area contributed by atoms with Gasteiger partial charge in [-0.3, -0.25) is 9.36 Å². The summed E-state index contributed by atoms with van der Waals surface area (Å²) in [6.07, 6.45) is 0. The topological polar surface area (TPSA) is 70.5 Å². The fourth-order valence-electron chi connectivity index (χ4n) is 3.55. The number of carbonyl (C=O) groups is 1. The van der Waals surface area contributed by atoms with E-state index in [0.717, 1.165) is 5.39 Å². The minimum Gasteiger partial charge on any atom is -0.292 e. The maximum Gasteiger partial charge on any atom is 0.423 e. The molecule has 0 saturated carbocycles. The Bertz CT molecular complexity index is 1510. The average Bonchev–Trinajstić information content (AvgIpc) is 3.23. The van der Waals surface area contributed by atoms with Crippen LogP contribution < -0.4 is 10.7 Å². The molecule has 0 spiro atoms. The smallest absolute Gasteiger partial charge is 0.292 e. The second kappa shape index (κ2) is 7.45. The van der Waals surface area contributed by atoms with Crippen molar-refractivity contribution < 1.29 is 14.2 Å². The summed E-state index contributed by atoms with van der Waals surface area (Å²) in [6.45, 7) is -0.150. The zero-order valence-corrected chi connectivity index (χ0v) is 16.8. The highest BCUT2D eigenvalue weighted by atomic mass is 35.5. The van der Waals surface area contributed by atoms with E-state index in [-0.39, 0.29) is 18.1 Å². The predicted molar refractivity (Wildman–Crippen MR) is 115 cm³/mol. The molecule has 0 atom stereocenters. The van der Waals surface area contributed by atoms with Crippen LogP contribution >= 0.6 is 11.6 Å². The van der Waals surface area contributed by atoms with E-state index in [0.29, 0.717) is 33.1 Å². The number of nitrogens with zero attached hydrogens (tertiary/aromatic N) is 3. The number of halogens is 2. The Balaban J connectivity index is 1.68. The number of aromatic amines is 1. The molecule has 0 aliphatic rings. The van der Waals surface area contributed by atoms with Crippen molar-refractivity contribution in [2.24, 2.45) is 0 Å². The highest BCUT2D eigenvalue weighted by Gasteiger charge is 2.23. The van der Waals surface area contributed by atoms with E-state index >= 15 is 0 Å². The van der Waals surface area contributed by atoms with Crippen LogP contribution in [-0.4, -0.2) is 20.0 Å². The molecule has 0 saturated heterocycles. The van der Waals surface area contributed by atoms with Crippen molar-refractivity contribution in [2.45, 2.75) is 6.54 Å². The minimum absolute atomic E-state index is 0.150. The number of carbonyl (C=O) groups excluding carboxylic acids is 1. The molecule has 0 unspecified atom stereocenters. The van der Waals surface area contributed by atoms with E-state index in [1.807, 2.05) is 12.1 Å². The molecule has 2 heterocycles. The fraction of sp³-hybridized carbons (Fsp3) is 0.0435. The van der Waals surface area contributed by atoms with Crippen molar-refractivity contribution >= 4 is 33.9 Å². The lowest BCUT2D eigenvalue weighted by Crippen LogP contribution is -2.31. The van der Waals surface area contributed by atoms with Gasteiger partial charge in [-0.15, -0.1) is 0 Å². The first-order valence-electron chi connectivity index (χ1n) is 9.49. The molecule has 3 aromatic carbocycles. The molecule has 0 amide bonds. The first-order valence-corrected chi connectivity index (χ1v) is 9.87. The van der Waals surface area contributed by atoms with Gasteiger partial charge in [0, 0.05) is 10.6 Å². The van der Waals surface area contributed by atoms with Crippen LogP contribution in [0.25, 0.3) is 27.9 Å². The summed E-state index contributed by atoms with van der Waals surface area (Å²) in [5.41, 5.74) is 1.73. The quantitative estimate of drug-likeness (QED) is 0.405. The second-order valence-electron chi connectivity index (χ2n) is 7.06. The maximum atomic E-state index is 13.3. The van der Waals surface area contributed by atoms with Gasteiger partial charge in [-0.1, -0.05) is 23.7 Å². The first-order chi connectivity index (χ1) is 15.0. The van der Waals surface area contributed by atoms with Gasteiger partial charge in [0.25, 0.3) is 5.65 Å². The van der Waals surface area contributed by atoms with Crippen LogP contribution in [-0.2, 0) is 6.54 Å². The van der Waals surface area contributed by atoms with Crippen molar-refractivity contribution in [1.82, 2.24) is 14.2 Å². The van der Waals surface area contributed by atoms with Gasteiger partial charge in [0.15, 0.2) is 5.78 Å². The fourth-order valence-corrected chi connectivity index (χ4v) is 3.67. The molecular formula is C23H15ClFN4O2+. The summed E-state index contributed by atoms with van der Waals surface area (Å²) in [7, 11) is 0. The van der Waals surface area contributed by atoms with Crippen LogP contribution in [0.4, 0.5) is 4.39 Å². The van der Waals surface area contributed by atoms with Crippen molar-refractivity contribution in [3.63, 3.8) is 0 Å². The molecule has 8 heteroatoms. The van der Waals surface area contributed by atoms with Gasteiger partial charge >= 0.3 is 11.5 Å². The van der Waals surface area contributed by atoms with Crippen molar-refractivity contribution in [3.05, 3.63) is 99.7 Å². The minimum atomic E-state index is -0.458. The van der Waals surface area contributed by atoms with E-state index in [2.05, 4.69) is 10.1 Å². The molecule has 5 rings (SSSR count). The molecule has 0 aliphatic heterocycles. The van der Waals surface area contributed by atoms with Gasteiger partial charge in [-0.05, 0) is 65.2 Å². The molecule has 31 heavy (non-hydrogen) atoms. The molecule has 0 fully saturated rings. The van der Waals surface area contributed by atoms with Crippen LogP contribution in [0, 0.1) is 5.82 Å². The monoisotopic (exact) mass is 433 g/mol. The van der Waals surface area contributed by atoms with Gasteiger partial charge in [0.05, 0.1) is 28.1 Å². The van der Waals surface area contributed by atoms with Crippen molar-refractivity contribution in [1.29, 1.82) is 0 Å². The third kappa shape index (κ3) is 3.39. The van der Waals surface area contributed by atoms with Crippen LogP contribution in [0.3, 0.4) is 0 Å². The summed E-state index contributed by atoms with van der Waals surface area (Å²) < 4.78 is 15.9. The Kier molecular flexibility index (Phi) is 4.60. The van der Waals surface area contributed by atoms with Crippen molar-refractivity contribution in [2.75, 3.05) is 0 Å². The van der Waals surface area contributed by atoms with Gasteiger partial charge in [0.1, 0.15) is 5.82 Å². The zero-order chi connectivity index (χ0) is 21.5. The Morgan fingerprint density at radius 3 is 2.45 bits per heavy atom. The Morgan fingerprint density at radius 1 is 1.00 bits per heavy atom. The number of nitrogens with one attached hydrogen (secondary N) is 1. The molecule has 5 aromatic rings. The van der Waals surface area contributed by atoms with Gasteiger partial charge in [-0.2, -0.15) is 0 Å². The highest BCUT2D eigenvalue weighted by Crippen LogP contribution is 2.19. The van der Waals surface area contributed by atoms with Gasteiger partial charge in [-0.25, -0.2) is 14.2 Å². The number of benzene rings is 3. The number of fused-ring (bicyclic) bond motifs is 3. The predicted octanol–water partition coefficient (Wildman–Crippen LogP) is 3.81. The standard InChI is InChI=1S/C23H14ClFN4O2/c24-16-9-5-14(6-10-16)20(30)13-28-19-4-2-1-3-18(19)22-26-21(27-29(22)23(28)31)15-7-11-17(25)12-8-15/h1-12H,13H2/p+1. The zero-order valence-electron chi connectivity index (χ0n) is 16.0. The summed E-state index contributed by atoms with van der Waals surface area (Å²) in [5, 5.41) is 5.65. The number of hydrogen-bond acceptors (Lipinski definition) is 3. The lowest BCUT2D eigenvalue weighted by molar-refractivity contribution is -0.331. The second-order valence-corrected chi connectivity index (χ2v) is 7.49. The number of aromatic nitrogens is 4. The Morgan fingerprint density at radius 2 is 1.71 bits per heavy atom. The number of ketones is 1. The van der Waals surface area contributed by atoms with E-state index in [1.54, 1.807) is 48.5 Å². The van der Waals surface area contributed by atoms with E-state index in [9.17, 15) is 14.0 Å². The third-order valence-corrected chi connectivity index (χ3v) is 5.35. The molecule has 152 valence electrons. The number of hydrogen-bond donors (Lipinski definition) is 0. The maximum absolute atomic E-state index is 13.3. The normalized spacial score (nSPS) is 11.3. The van der Waals surface area contributed by atoms with Crippen LogP contribution in [0.15, 0.2) is 77.6 Å². The lowest BCUT2D eigenvalue weighted by atomic mass is 10.1. The summed E-state index contributed by atoms with van der Waals surface area (Å²) >= 11 is 5.90. The van der Waals surface area contributed by atoms with Crippen LogP contribution in [0.1, 0.15) is 10.4 Å². The summed E-state index contributed by atoms with van der Waals surface area (Å²) in [6, 6.07) is 19.6. The van der Waals surface area contributed by atoms with Gasteiger partial charge < -0.3 is 0 Å². The highest BCUT2D eigenvalue weighted by molar-refractivity contribution is 6.30. The van der Waals surface area contributed by atoms with Crippen LogP contribution in [0.2, 0.25) is 5.02 Å². The molecule has 0 radical (unpaired) electrons. The number of H-pyrrole nitrogens is 1. The third-order valence-electron chi connectivity index (χ3n) is 5.10. The van der Waals surface area contributed by atoms with Crippen molar-refractivity contribution in [3.8, 4) is 11.4 Å². The number of para-hydroxylation sites is 1. The van der Waals surface area contributed by atoms with E-state index in [4.69, 9.17) is 11.6 Å². The van der Waals surface area contributed by atoms with E-state index in [1.165, 1.54) is 21.2 Å². The Hall–Kier alpha value is -3.84. The molecule has 1 N–H and O–H groups in total. The molecule has 0 aliphatic carbocycles. The number of Topliss-reactive ketones (excluding diaryl/α,β-unsaturated/α-hetero) is 1. The molecule has 0 bridgehead atoms. The van der Waals surface area contributed by atoms with Gasteiger partial charge in [0.2, 0.25) is 0 Å².